The van der Waals surface area contributed by atoms with Crippen LogP contribution in [-0.4, -0.2) is 41.5 Å². The lowest BCUT2D eigenvalue weighted by molar-refractivity contribution is -0.146. The number of amides is 2. The number of aliphatic hydroxyl groups is 1. The van der Waals surface area contributed by atoms with Gasteiger partial charge >= 0.3 is 0 Å². The Labute approximate surface area is 137 Å². The third kappa shape index (κ3) is 3.91. The van der Waals surface area contributed by atoms with Crippen LogP contribution in [0.5, 0.6) is 0 Å². The van der Waals surface area contributed by atoms with Crippen molar-refractivity contribution < 1.29 is 14.7 Å². The van der Waals surface area contributed by atoms with Gasteiger partial charge in [0.2, 0.25) is 5.91 Å². The minimum absolute atomic E-state index is 0.0654. The van der Waals surface area contributed by atoms with Gasteiger partial charge in [-0.3, -0.25) is 9.59 Å². The molecule has 1 heterocycles. The molecule has 126 valence electrons. The lowest BCUT2D eigenvalue weighted by Crippen LogP contribution is -2.48. The van der Waals surface area contributed by atoms with E-state index < -0.39 is 11.5 Å². The molecule has 0 aromatic heterocycles. The van der Waals surface area contributed by atoms with Crippen LogP contribution in [0.15, 0.2) is 30.3 Å². The molecule has 1 aromatic carbocycles. The second kappa shape index (κ2) is 7.59. The Morgan fingerprint density at radius 1 is 1.22 bits per heavy atom. The summed E-state index contributed by atoms with van der Waals surface area (Å²) in [4.78, 5) is 26.3. The Kier molecular flexibility index (Phi) is 5.77. The van der Waals surface area contributed by atoms with Crippen LogP contribution in [0, 0.1) is 5.92 Å². The summed E-state index contributed by atoms with van der Waals surface area (Å²) in [6, 6.07) is 8.93. The van der Waals surface area contributed by atoms with Crippen molar-refractivity contribution in [3.8, 4) is 0 Å². The average Bonchev–Trinajstić information content (AvgIpc) is 3.09. The summed E-state index contributed by atoms with van der Waals surface area (Å²) in [6.07, 6.45) is 2.38. The van der Waals surface area contributed by atoms with Crippen LogP contribution in [0.3, 0.4) is 0 Å². The van der Waals surface area contributed by atoms with Gasteiger partial charge in [0, 0.05) is 26.1 Å². The zero-order valence-corrected chi connectivity index (χ0v) is 13.9. The van der Waals surface area contributed by atoms with Gasteiger partial charge in [0.25, 0.3) is 5.91 Å². The summed E-state index contributed by atoms with van der Waals surface area (Å²) in [6.45, 7) is 5.49. The van der Waals surface area contributed by atoms with Gasteiger partial charge in [0.15, 0.2) is 5.60 Å². The molecule has 0 radical (unpaired) electrons. The van der Waals surface area contributed by atoms with Crippen LogP contribution in [0.25, 0.3) is 0 Å². The molecule has 1 unspecified atom stereocenters. The van der Waals surface area contributed by atoms with Crippen molar-refractivity contribution in [2.24, 2.45) is 5.92 Å². The average molecular weight is 318 g/mol. The summed E-state index contributed by atoms with van der Waals surface area (Å²) in [5, 5.41) is 13.6. The number of carbonyl (C=O) groups excluding carboxylic acids is 2. The highest BCUT2D eigenvalue weighted by Gasteiger charge is 2.40. The number of carbonyl (C=O) groups is 2. The summed E-state index contributed by atoms with van der Waals surface area (Å²) in [5.74, 6) is -0.664. The van der Waals surface area contributed by atoms with Gasteiger partial charge in [-0.2, -0.15) is 0 Å². The van der Waals surface area contributed by atoms with E-state index in [0.717, 1.165) is 25.9 Å². The van der Waals surface area contributed by atoms with Crippen molar-refractivity contribution in [1.82, 2.24) is 10.2 Å². The van der Waals surface area contributed by atoms with Crippen LogP contribution in [0.1, 0.15) is 38.7 Å². The van der Waals surface area contributed by atoms with E-state index in [9.17, 15) is 14.7 Å². The molecule has 2 rings (SSSR count). The minimum atomic E-state index is -1.59. The van der Waals surface area contributed by atoms with Crippen molar-refractivity contribution in [3.63, 3.8) is 0 Å². The number of nitrogens with one attached hydrogen (secondary N) is 1. The molecule has 5 heteroatoms. The van der Waals surface area contributed by atoms with Crippen molar-refractivity contribution in [2.45, 2.75) is 38.7 Å². The summed E-state index contributed by atoms with van der Waals surface area (Å²) in [5.41, 5.74) is -1.02. The zero-order chi connectivity index (χ0) is 16.9. The SMILES string of the molecule is CC(C)C(O)(C(=O)NCCC(=O)N1CCCC1)c1ccccc1. The minimum Gasteiger partial charge on any atom is -0.375 e. The fourth-order valence-corrected chi connectivity index (χ4v) is 2.96. The molecular formula is C18H26N2O3. The van der Waals surface area contributed by atoms with E-state index in [4.69, 9.17) is 0 Å². The highest BCUT2D eigenvalue weighted by Crippen LogP contribution is 2.29. The summed E-state index contributed by atoms with van der Waals surface area (Å²) < 4.78 is 0. The van der Waals surface area contributed by atoms with Gasteiger partial charge in [0.05, 0.1) is 0 Å². The fourth-order valence-electron chi connectivity index (χ4n) is 2.96. The number of benzene rings is 1. The standard InChI is InChI=1S/C18H26N2O3/c1-14(2)18(23,15-8-4-3-5-9-15)17(22)19-11-10-16(21)20-12-6-7-13-20/h3-5,8-9,14,23H,6-7,10-13H2,1-2H3,(H,19,22). The molecular weight excluding hydrogens is 292 g/mol. The quantitative estimate of drug-likeness (QED) is 0.838. The first kappa shape index (κ1) is 17.5. The molecule has 1 atom stereocenters. The number of rotatable bonds is 6. The van der Waals surface area contributed by atoms with Gasteiger partial charge in [-0.25, -0.2) is 0 Å². The van der Waals surface area contributed by atoms with Crippen LogP contribution in [-0.2, 0) is 15.2 Å². The number of nitrogens with zero attached hydrogens (tertiary/aromatic N) is 1. The Morgan fingerprint density at radius 2 is 1.83 bits per heavy atom. The Bertz CT molecular complexity index is 538. The maximum absolute atomic E-state index is 12.5. The van der Waals surface area contributed by atoms with Gasteiger partial charge in [-0.1, -0.05) is 44.2 Å². The predicted molar refractivity (Wildman–Crippen MR) is 88.6 cm³/mol. The maximum atomic E-state index is 12.5. The lowest BCUT2D eigenvalue weighted by atomic mass is 9.82. The van der Waals surface area contributed by atoms with Crippen LogP contribution in [0.4, 0.5) is 0 Å². The largest absolute Gasteiger partial charge is 0.375 e. The maximum Gasteiger partial charge on any atom is 0.256 e. The molecule has 0 bridgehead atoms. The van der Waals surface area contributed by atoms with E-state index in [2.05, 4.69) is 5.32 Å². The molecule has 2 amide bonds. The second-order valence-electron chi connectivity index (χ2n) is 6.38. The first-order valence-corrected chi connectivity index (χ1v) is 8.30. The molecule has 1 saturated heterocycles. The van der Waals surface area contributed by atoms with Crippen LogP contribution >= 0.6 is 0 Å². The van der Waals surface area contributed by atoms with E-state index in [0.29, 0.717) is 5.56 Å². The Balaban J connectivity index is 1.95. The molecule has 1 aliphatic rings. The third-order valence-electron chi connectivity index (χ3n) is 4.48. The van der Waals surface area contributed by atoms with Crippen LogP contribution < -0.4 is 5.32 Å². The Hall–Kier alpha value is -1.88. The fraction of sp³-hybridized carbons (Fsp3) is 0.556. The van der Waals surface area contributed by atoms with Crippen molar-refractivity contribution in [1.29, 1.82) is 0 Å². The first-order chi connectivity index (χ1) is 11.0. The molecule has 0 saturated carbocycles. The number of hydrogen-bond donors (Lipinski definition) is 2. The van der Waals surface area contributed by atoms with Gasteiger partial charge < -0.3 is 15.3 Å². The monoisotopic (exact) mass is 318 g/mol. The number of likely N-dealkylation sites (tertiary alicyclic amines) is 1. The molecule has 23 heavy (non-hydrogen) atoms. The normalized spacial score (nSPS) is 17.1. The van der Waals surface area contributed by atoms with Crippen molar-refractivity contribution in [3.05, 3.63) is 35.9 Å². The smallest absolute Gasteiger partial charge is 0.256 e. The predicted octanol–water partition coefficient (Wildman–Crippen LogP) is 1.66. The Morgan fingerprint density at radius 3 is 2.39 bits per heavy atom. The zero-order valence-electron chi connectivity index (χ0n) is 13.9. The van der Waals surface area contributed by atoms with Gasteiger partial charge in [-0.05, 0) is 24.3 Å². The molecule has 0 spiro atoms. The second-order valence-corrected chi connectivity index (χ2v) is 6.38. The molecule has 5 nitrogen and oxygen atoms in total. The van der Waals surface area contributed by atoms with E-state index >= 15 is 0 Å². The van der Waals surface area contributed by atoms with E-state index in [1.807, 2.05) is 24.8 Å². The molecule has 0 aliphatic carbocycles. The van der Waals surface area contributed by atoms with Gasteiger partial charge in [0.1, 0.15) is 0 Å². The van der Waals surface area contributed by atoms with Gasteiger partial charge in [-0.15, -0.1) is 0 Å². The highest BCUT2D eigenvalue weighted by atomic mass is 16.3. The molecule has 1 aliphatic heterocycles. The highest BCUT2D eigenvalue weighted by molar-refractivity contribution is 5.87. The molecule has 1 aromatic rings. The molecule has 2 N–H and O–H groups in total. The number of hydrogen-bond acceptors (Lipinski definition) is 3. The summed E-state index contributed by atoms with van der Waals surface area (Å²) >= 11 is 0. The van der Waals surface area contributed by atoms with E-state index in [1.54, 1.807) is 24.3 Å². The van der Waals surface area contributed by atoms with Crippen molar-refractivity contribution in [2.75, 3.05) is 19.6 Å². The van der Waals surface area contributed by atoms with Crippen LogP contribution in [0.2, 0.25) is 0 Å². The lowest BCUT2D eigenvalue weighted by Gasteiger charge is -2.31. The molecule has 1 fully saturated rings. The van der Waals surface area contributed by atoms with E-state index in [1.165, 1.54) is 0 Å². The third-order valence-corrected chi connectivity index (χ3v) is 4.48. The summed E-state index contributed by atoms with van der Waals surface area (Å²) in [7, 11) is 0. The first-order valence-electron chi connectivity index (χ1n) is 8.30. The van der Waals surface area contributed by atoms with Crippen molar-refractivity contribution >= 4 is 11.8 Å². The van der Waals surface area contributed by atoms with E-state index in [-0.39, 0.29) is 24.8 Å². The topological polar surface area (TPSA) is 69.6 Å².